The molecular formula is C13H11N3O. The van der Waals surface area contributed by atoms with Crippen LogP contribution in [0.2, 0.25) is 0 Å². The summed E-state index contributed by atoms with van der Waals surface area (Å²) in [6, 6.07) is 11.4. The number of imidazole rings is 1. The summed E-state index contributed by atoms with van der Waals surface area (Å²) >= 11 is 0. The zero-order valence-electron chi connectivity index (χ0n) is 9.34. The van der Waals surface area contributed by atoms with Gasteiger partial charge >= 0.3 is 5.69 Å². The average Bonchev–Trinajstić information content (AvgIpc) is 2.66. The fourth-order valence-electron chi connectivity index (χ4n) is 1.87. The van der Waals surface area contributed by atoms with Gasteiger partial charge in [-0.25, -0.2) is 14.3 Å². The fraction of sp³-hybridized carbons (Fsp3) is 0.0769. The molecule has 17 heavy (non-hydrogen) atoms. The number of benzene rings is 1. The van der Waals surface area contributed by atoms with Crippen molar-refractivity contribution in [1.82, 2.24) is 14.5 Å². The molecule has 0 amide bonds. The first-order valence-electron chi connectivity index (χ1n) is 5.38. The molecule has 0 fully saturated rings. The van der Waals surface area contributed by atoms with E-state index in [4.69, 9.17) is 0 Å². The molecule has 0 spiro atoms. The van der Waals surface area contributed by atoms with Gasteiger partial charge in [0.25, 0.3) is 0 Å². The standard InChI is InChI=1S/C13H11N3O/c1-9-6-7-12(14-8-9)16-11-5-3-2-4-10(11)15-13(16)17/h2-8H,1H3,(H,15,17). The van der Waals surface area contributed by atoms with Crippen LogP contribution in [0.4, 0.5) is 0 Å². The second-order valence-electron chi connectivity index (χ2n) is 3.98. The summed E-state index contributed by atoms with van der Waals surface area (Å²) in [4.78, 5) is 19.0. The Morgan fingerprint density at radius 2 is 2.00 bits per heavy atom. The van der Waals surface area contributed by atoms with E-state index in [0.717, 1.165) is 16.6 Å². The van der Waals surface area contributed by atoms with Crippen LogP contribution in [0.15, 0.2) is 47.4 Å². The molecule has 0 aliphatic carbocycles. The summed E-state index contributed by atoms with van der Waals surface area (Å²) in [5.41, 5.74) is 2.57. The van der Waals surface area contributed by atoms with Crippen LogP contribution in [0.1, 0.15) is 5.56 Å². The Hall–Kier alpha value is -2.36. The second kappa shape index (κ2) is 3.59. The van der Waals surface area contributed by atoms with Crippen LogP contribution in [0.25, 0.3) is 16.9 Å². The Bertz CT molecular complexity index is 722. The van der Waals surface area contributed by atoms with Crippen LogP contribution in [-0.2, 0) is 0 Å². The Balaban J connectivity index is 2.33. The topological polar surface area (TPSA) is 50.7 Å². The Kier molecular flexibility index (Phi) is 2.08. The number of pyridine rings is 1. The quantitative estimate of drug-likeness (QED) is 0.688. The van der Waals surface area contributed by atoms with Crippen molar-refractivity contribution in [2.24, 2.45) is 0 Å². The highest BCUT2D eigenvalue weighted by Crippen LogP contribution is 2.13. The van der Waals surface area contributed by atoms with Gasteiger partial charge < -0.3 is 4.98 Å². The van der Waals surface area contributed by atoms with Gasteiger partial charge in [-0.05, 0) is 30.7 Å². The first-order chi connectivity index (χ1) is 8.25. The molecule has 4 heteroatoms. The molecule has 0 bridgehead atoms. The molecule has 2 heterocycles. The number of fused-ring (bicyclic) bond motifs is 1. The number of aryl methyl sites for hydroxylation is 1. The van der Waals surface area contributed by atoms with E-state index >= 15 is 0 Å². The summed E-state index contributed by atoms with van der Waals surface area (Å²) in [5, 5.41) is 0. The predicted molar refractivity (Wildman–Crippen MR) is 66.4 cm³/mol. The summed E-state index contributed by atoms with van der Waals surface area (Å²) in [6.07, 6.45) is 1.75. The SMILES string of the molecule is Cc1ccc(-n2c(=O)[nH]c3ccccc32)nc1. The van der Waals surface area contributed by atoms with Crippen molar-refractivity contribution in [2.45, 2.75) is 6.92 Å². The number of hydrogen-bond donors (Lipinski definition) is 1. The molecule has 3 rings (SSSR count). The van der Waals surface area contributed by atoms with E-state index in [-0.39, 0.29) is 5.69 Å². The highest BCUT2D eigenvalue weighted by molar-refractivity contribution is 5.76. The third kappa shape index (κ3) is 1.54. The maximum absolute atomic E-state index is 11.9. The van der Waals surface area contributed by atoms with Crippen LogP contribution < -0.4 is 5.69 Å². The lowest BCUT2D eigenvalue weighted by Gasteiger charge is -2.02. The third-order valence-electron chi connectivity index (χ3n) is 2.71. The fourth-order valence-corrected chi connectivity index (χ4v) is 1.87. The lowest BCUT2D eigenvalue weighted by molar-refractivity contribution is 0.963. The molecule has 84 valence electrons. The van der Waals surface area contributed by atoms with Crippen LogP contribution >= 0.6 is 0 Å². The molecule has 0 aliphatic heterocycles. The van der Waals surface area contributed by atoms with Crippen molar-refractivity contribution in [2.75, 3.05) is 0 Å². The van der Waals surface area contributed by atoms with E-state index in [2.05, 4.69) is 9.97 Å². The molecule has 0 atom stereocenters. The van der Waals surface area contributed by atoms with E-state index in [9.17, 15) is 4.79 Å². The molecular weight excluding hydrogens is 214 g/mol. The Morgan fingerprint density at radius 1 is 1.18 bits per heavy atom. The lowest BCUT2D eigenvalue weighted by Crippen LogP contribution is -2.15. The molecule has 2 aromatic heterocycles. The van der Waals surface area contributed by atoms with Gasteiger partial charge in [-0.2, -0.15) is 0 Å². The van der Waals surface area contributed by atoms with E-state index in [0.29, 0.717) is 5.82 Å². The number of aromatic amines is 1. The molecule has 3 aromatic rings. The number of aromatic nitrogens is 3. The van der Waals surface area contributed by atoms with Crippen molar-refractivity contribution < 1.29 is 0 Å². The van der Waals surface area contributed by atoms with Crippen LogP contribution in [0, 0.1) is 6.92 Å². The number of hydrogen-bond acceptors (Lipinski definition) is 2. The normalized spacial score (nSPS) is 10.9. The lowest BCUT2D eigenvalue weighted by atomic mass is 10.3. The van der Waals surface area contributed by atoms with Crippen LogP contribution in [0.3, 0.4) is 0 Å². The highest BCUT2D eigenvalue weighted by atomic mass is 16.1. The van der Waals surface area contributed by atoms with Gasteiger partial charge in [-0.15, -0.1) is 0 Å². The summed E-state index contributed by atoms with van der Waals surface area (Å²) in [5.74, 6) is 0.637. The monoisotopic (exact) mass is 225 g/mol. The van der Waals surface area contributed by atoms with Crippen LogP contribution in [0.5, 0.6) is 0 Å². The maximum atomic E-state index is 11.9. The number of rotatable bonds is 1. The van der Waals surface area contributed by atoms with Gasteiger partial charge in [0.05, 0.1) is 11.0 Å². The van der Waals surface area contributed by atoms with Crippen LogP contribution in [-0.4, -0.2) is 14.5 Å². The molecule has 0 unspecified atom stereocenters. The molecule has 0 saturated carbocycles. The number of H-pyrrole nitrogens is 1. The predicted octanol–water partition coefficient (Wildman–Crippen LogP) is 2.02. The summed E-state index contributed by atoms with van der Waals surface area (Å²) in [6.45, 7) is 1.97. The number of nitrogens with zero attached hydrogens (tertiary/aromatic N) is 2. The molecule has 1 aromatic carbocycles. The van der Waals surface area contributed by atoms with Gasteiger partial charge in [-0.1, -0.05) is 18.2 Å². The van der Waals surface area contributed by atoms with Crippen molar-refractivity contribution in [3.8, 4) is 5.82 Å². The van der Waals surface area contributed by atoms with E-state index in [1.165, 1.54) is 0 Å². The zero-order chi connectivity index (χ0) is 11.8. The number of nitrogens with one attached hydrogen (secondary N) is 1. The first kappa shape index (κ1) is 9.84. The van der Waals surface area contributed by atoms with Gasteiger partial charge in [0, 0.05) is 6.20 Å². The van der Waals surface area contributed by atoms with Crippen molar-refractivity contribution in [3.63, 3.8) is 0 Å². The Labute approximate surface area is 97.6 Å². The van der Waals surface area contributed by atoms with Crippen molar-refractivity contribution in [3.05, 3.63) is 58.6 Å². The largest absolute Gasteiger partial charge is 0.332 e. The smallest absolute Gasteiger partial charge is 0.305 e. The molecule has 4 nitrogen and oxygen atoms in total. The average molecular weight is 225 g/mol. The van der Waals surface area contributed by atoms with Crippen molar-refractivity contribution >= 4 is 11.0 Å². The van der Waals surface area contributed by atoms with Gasteiger partial charge in [0.1, 0.15) is 5.82 Å². The first-order valence-corrected chi connectivity index (χ1v) is 5.38. The molecule has 0 aliphatic rings. The second-order valence-corrected chi connectivity index (χ2v) is 3.98. The van der Waals surface area contributed by atoms with Crippen molar-refractivity contribution in [1.29, 1.82) is 0 Å². The molecule has 1 N–H and O–H groups in total. The van der Waals surface area contributed by atoms with Gasteiger partial charge in [0.15, 0.2) is 0 Å². The Morgan fingerprint density at radius 3 is 2.76 bits per heavy atom. The molecule has 0 saturated heterocycles. The minimum Gasteiger partial charge on any atom is -0.305 e. The summed E-state index contributed by atoms with van der Waals surface area (Å²) < 4.78 is 1.58. The van der Waals surface area contributed by atoms with E-state index in [1.807, 2.05) is 43.3 Å². The maximum Gasteiger partial charge on any atom is 0.332 e. The van der Waals surface area contributed by atoms with Gasteiger partial charge in [0.2, 0.25) is 0 Å². The minimum atomic E-state index is -0.164. The third-order valence-corrected chi connectivity index (χ3v) is 2.71. The minimum absolute atomic E-state index is 0.164. The highest BCUT2D eigenvalue weighted by Gasteiger charge is 2.08. The van der Waals surface area contributed by atoms with Gasteiger partial charge in [-0.3, -0.25) is 0 Å². The molecule has 0 radical (unpaired) electrons. The number of para-hydroxylation sites is 2. The zero-order valence-corrected chi connectivity index (χ0v) is 9.34. The van der Waals surface area contributed by atoms with E-state index in [1.54, 1.807) is 10.8 Å². The summed E-state index contributed by atoms with van der Waals surface area (Å²) in [7, 11) is 0. The van der Waals surface area contributed by atoms with E-state index < -0.39 is 0 Å².